The van der Waals surface area contributed by atoms with Gasteiger partial charge in [0.15, 0.2) is 0 Å². The van der Waals surface area contributed by atoms with Gasteiger partial charge >= 0.3 is 0 Å². The lowest BCUT2D eigenvalue weighted by atomic mass is 9.99. The summed E-state index contributed by atoms with van der Waals surface area (Å²) in [6.45, 7) is 0. The normalized spacial score (nSPS) is 11.6. The summed E-state index contributed by atoms with van der Waals surface area (Å²) in [5.41, 5.74) is 11.9. The lowest BCUT2D eigenvalue weighted by molar-refractivity contribution is 1.16. The molecular weight excluding hydrogens is 538 g/mol. The molecule has 0 radical (unpaired) electrons. The minimum Gasteiger partial charge on any atom is -0.308 e. The van der Waals surface area contributed by atoms with Crippen LogP contribution >= 0.6 is 0 Å². The molecule has 0 saturated carbocycles. The second-order valence-corrected chi connectivity index (χ2v) is 11.0. The summed E-state index contributed by atoms with van der Waals surface area (Å²) in [7, 11) is 0. The van der Waals surface area contributed by atoms with Crippen molar-refractivity contribution in [1.29, 1.82) is 0 Å². The molecule has 4 aromatic carbocycles. The number of pyridine rings is 3. The van der Waals surface area contributed by atoms with E-state index >= 15 is 0 Å². The average Bonchev–Trinajstić information content (AvgIpc) is 3.62. The number of aromatic nitrogens is 5. The first-order valence-electron chi connectivity index (χ1n) is 14.7. The standard InChI is InChI=1S/C39H25N5/c1-2-12-30(13-3-1)44-35-17-7-5-15-33(35)38-39(44)37-32-14-4-6-16-34(32)43(36(37)25-42-38)31-21-28(26-10-8-18-40-23-26)20-29(22-31)27-11-9-19-41-24-27/h1-25H. The molecule has 0 aliphatic carbocycles. The summed E-state index contributed by atoms with van der Waals surface area (Å²) in [6.07, 6.45) is 9.50. The molecule has 0 bridgehead atoms. The molecule has 0 fully saturated rings. The Balaban J connectivity index is 1.43. The zero-order valence-electron chi connectivity index (χ0n) is 23.7. The highest BCUT2D eigenvalue weighted by Gasteiger charge is 2.22. The molecule has 5 heteroatoms. The Labute approximate surface area is 253 Å². The van der Waals surface area contributed by atoms with Gasteiger partial charge in [-0.05, 0) is 65.7 Å². The highest BCUT2D eigenvalue weighted by molar-refractivity contribution is 6.24. The van der Waals surface area contributed by atoms with Crippen molar-refractivity contribution in [2.45, 2.75) is 0 Å². The topological polar surface area (TPSA) is 48.5 Å². The van der Waals surface area contributed by atoms with Gasteiger partial charge in [-0.15, -0.1) is 0 Å². The van der Waals surface area contributed by atoms with Crippen molar-refractivity contribution in [2.24, 2.45) is 0 Å². The fourth-order valence-electron chi connectivity index (χ4n) is 6.60. The molecule has 0 N–H and O–H groups in total. The lowest BCUT2D eigenvalue weighted by Crippen LogP contribution is -1.97. The summed E-state index contributed by atoms with van der Waals surface area (Å²) in [6, 6.07) is 42.7. The predicted octanol–water partition coefficient (Wildman–Crippen LogP) is 9.40. The van der Waals surface area contributed by atoms with E-state index in [0.29, 0.717) is 0 Å². The van der Waals surface area contributed by atoms with Crippen molar-refractivity contribution in [3.8, 4) is 33.6 Å². The van der Waals surface area contributed by atoms with Crippen LogP contribution in [-0.2, 0) is 0 Å². The second kappa shape index (κ2) is 9.75. The van der Waals surface area contributed by atoms with E-state index in [9.17, 15) is 0 Å². The molecule has 0 spiro atoms. The van der Waals surface area contributed by atoms with Gasteiger partial charge in [-0.2, -0.15) is 0 Å². The van der Waals surface area contributed by atoms with Crippen LogP contribution in [0.25, 0.3) is 77.4 Å². The summed E-state index contributed by atoms with van der Waals surface area (Å²) >= 11 is 0. The third-order valence-corrected chi connectivity index (χ3v) is 8.49. The third-order valence-electron chi connectivity index (χ3n) is 8.49. The average molecular weight is 564 g/mol. The Morgan fingerprint density at radius 3 is 1.70 bits per heavy atom. The molecule has 0 aliphatic heterocycles. The lowest BCUT2D eigenvalue weighted by Gasteiger charge is -2.14. The zero-order chi connectivity index (χ0) is 29.0. The van der Waals surface area contributed by atoms with Gasteiger partial charge in [0, 0.05) is 63.4 Å². The van der Waals surface area contributed by atoms with Gasteiger partial charge in [0.05, 0.1) is 33.8 Å². The van der Waals surface area contributed by atoms with Crippen LogP contribution in [0.3, 0.4) is 0 Å². The fraction of sp³-hybridized carbons (Fsp3) is 0. The molecule has 5 heterocycles. The molecule has 0 aliphatic rings. The van der Waals surface area contributed by atoms with Gasteiger partial charge in [0.25, 0.3) is 0 Å². The van der Waals surface area contributed by atoms with Crippen molar-refractivity contribution < 1.29 is 0 Å². The van der Waals surface area contributed by atoms with Crippen molar-refractivity contribution in [1.82, 2.24) is 24.1 Å². The molecule has 44 heavy (non-hydrogen) atoms. The van der Waals surface area contributed by atoms with Crippen molar-refractivity contribution in [3.05, 3.63) is 152 Å². The van der Waals surface area contributed by atoms with Crippen LogP contribution in [-0.4, -0.2) is 24.1 Å². The molecule has 9 rings (SSSR count). The number of nitrogens with zero attached hydrogens (tertiary/aromatic N) is 5. The molecule has 0 saturated heterocycles. The molecule has 9 aromatic rings. The molecule has 5 aromatic heterocycles. The molecular formula is C39H25N5. The highest BCUT2D eigenvalue weighted by Crippen LogP contribution is 2.41. The van der Waals surface area contributed by atoms with Crippen LogP contribution in [0, 0.1) is 0 Å². The largest absolute Gasteiger partial charge is 0.308 e. The minimum absolute atomic E-state index is 1.00. The SMILES string of the molecule is c1ccc(-n2c3ccccc3c3ncc4c(c5ccccc5n4-c4cc(-c5cccnc5)cc(-c5cccnc5)c4)c32)cc1. The van der Waals surface area contributed by atoms with Crippen LogP contribution < -0.4 is 0 Å². The Bertz CT molecular complexity index is 2420. The van der Waals surface area contributed by atoms with Gasteiger partial charge in [-0.3, -0.25) is 15.0 Å². The van der Waals surface area contributed by atoms with Gasteiger partial charge in [0.2, 0.25) is 0 Å². The Morgan fingerprint density at radius 2 is 1.05 bits per heavy atom. The van der Waals surface area contributed by atoms with E-state index < -0.39 is 0 Å². The van der Waals surface area contributed by atoms with E-state index in [0.717, 1.165) is 66.6 Å². The Hall–Kier alpha value is -6.07. The minimum atomic E-state index is 1.00. The summed E-state index contributed by atoms with van der Waals surface area (Å²) in [5, 5.41) is 3.51. The number of fused-ring (bicyclic) bond motifs is 7. The van der Waals surface area contributed by atoms with Crippen LogP contribution in [0.2, 0.25) is 0 Å². The van der Waals surface area contributed by atoms with E-state index in [1.54, 1.807) is 0 Å². The summed E-state index contributed by atoms with van der Waals surface area (Å²) in [4.78, 5) is 14.0. The van der Waals surface area contributed by atoms with E-state index in [-0.39, 0.29) is 0 Å². The molecule has 0 unspecified atom stereocenters. The number of rotatable bonds is 4. The molecule has 0 atom stereocenters. The fourth-order valence-corrected chi connectivity index (χ4v) is 6.60. The smallest absolute Gasteiger partial charge is 0.0971 e. The van der Waals surface area contributed by atoms with E-state index in [2.05, 4.69) is 128 Å². The number of hydrogen-bond acceptors (Lipinski definition) is 3. The first-order chi connectivity index (χ1) is 21.8. The van der Waals surface area contributed by atoms with Crippen molar-refractivity contribution in [2.75, 3.05) is 0 Å². The van der Waals surface area contributed by atoms with Gasteiger partial charge in [-0.25, -0.2) is 0 Å². The van der Waals surface area contributed by atoms with Crippen LogP contribution in [0.5, 0.6) is 0 Å². The van der Waals surface area contributed by atoms with Crippen LogP contribution in [0.4, 0.5) is 0 Å². The maximum atomic E-state index is 5.16. The van der Waals surface area contributed by atoms with Crippen LogP contribution in [0.15, 0.2) is 152 Å². The highest BCUT2D eigenvalue weighted by atomic mass is 15.0. The number of benzene rings is 4. The predicted molar refractivity (Wildman–Crippen MR) is 179 cm³/mol. The maximum Gasteiger partial charge on any atom is 0.0971 e. The van der Waals surface area contributed by atoms with Crippen molar-refractivity contribution in [3.63, 3.8) is 0 Å². The monoisotopic (exact) mass is 563 g/mol. The zero-order valence-corrected chi connectivity index (χ0v) is 23.7. The summed E-state index contributed by atoms with van der Waals surface area (Å²) < 4.78 is 4.72. The van der Waals surface area contributed by atoms with E-state index in [4.69, 9.17) is 4.98 Å². The number of hydrogen-bond donors (Lipinski definition) is 0. The number of para-hydroxylation sites is 3. The van der Waals surface area contributed by atoms with Gasteiger partial charge < -0.3 is 9.13 Å². The molecule has 0 amide bonds. The first-order valence-corrected chi connectivity index (χ1v) is 14.7. The summed E-state index contributed by atoms with van der Waals surface area (Å²) in [5.74, 6) is 0. The Morgan fingerprint density at radius 1 is 0.432 bits per heavy atom. The van der Waals surface area contributed by atoms with E-state index in [1.807, 2.05) is 43.1 Å². The van der Waals surface area contributed by atoms with E-state index in [1.165, 1.54) is 10.8 Å². The first kappa shape index (κ1) is 24.5. The third kappa shape index (κ3) is 3.69. The quantitative estimate of drug-likeness (QED) is 0.214. The maximum absolute atomic E-state index is 5.16. The van der Waals surface area contributed by atoms with Gasteiger partial charge in [0.1, 0.15) is 0 Å². The van der Waals surface area contributed by atoms with Gasteiger partial charge in [-0.1, -0.05) is 66.7 Å². The van der Waals surface area contributed by atoms with Crippen molar-refractivity contribution >= 4 is 43.7 Å². The Kier molecular flexibility index (Phi) is 5.43. The second-order valence-electron chi connectivity index (χ2n) is 11.0. The molecule has 206 valence electrons. The van der Waals surface area contributed by atoms with Crippen LogP contribution in [0.1, 0.15) is 0 Å². The molecule has 5 nitrogen and oxygen atoms in total.